The van der Waals surface area contributed by atoms with Crippen LogP contribution in [0.3, 0.4) is 0 Å². The lowest BCUT2D eigenvalue weighted by atomic mass is 9.87. The second-order valence-electron chi connectivity index (χ2n) is 5.61. The molecule has 0 spiro atoms. The number of hydrogen-bond donors (Lipinski definition) is 3. The number of carbonyl (C=O) groups is 2. The Bertz CT molecular complexity index is 338. The summed E-state index contributed by atoms with van der Waals surface area (Å²) in [7, 11) is 0. The second-order valence-corrected chi connectivity index (χ2v) is 5.61. The van der Waals surface area contributed by atoms with Crippen LogP contribution in [0, 0.1) is 5.41 Å². The van der Waals surface area contributed by atoms with Gasteiger partial charge in [-0.15, -0.1) is 0 Å². The Balaban J connectivity index is 4.02. The Kier molecular flexibility index (Phi) is 6.81. The highest BCUT2D eigenvalue weighted by Gasteiger charge is 2.32. The lowest BCUT2D eigenvalue weighted by molar-refractivity contribution is -0.142. The van der Waals surface area contributed by atoms with Gasteiger partial charge >= 0.3 is 18.2 Å². The SMILES string of the molecule is CC(C)(C)[C@H](NC(=O)NCCCCC(F)(F)F)C(=O)O. The van der Waals surface area contributed by atoms with Crippen LogP contribution in [0.2, 0.25) is 0 Å². The normalized spacial score (nSPS) is 13.7. The number of aliphatic carboxylic acids is 1. The average molecular weight is 298 g/mol. The molecule has 0 aromatic rings. The Morgan fingerprint density at radius 1 is 1.15 bits per heavy atom. The minimum Gasteiger partial charge on any atom is -0.480 e. The van der Waals surface area contributed by atoms with Crippen LogP contribution in [0.1, 0.15) is 40.0 Å². The molecule has 0 saturated heterocycles. The van der Waals surface area contributed by atoms with E-state index in [0.717, 1.165) is 0 Å². The van der Waals surface area contributed by atoms with Crippen LogP contribution in [0.5, 0.6) is 0 Å². The smallest absolute Gasteiger partial charge is 0.389 e. The van der Waals surface area contributed by atoms with E-state index in [2.05, 4.69) is 10.6 Å². The summed E-state index contributed by atoms with van der Waals surface area (Å²) in [5.74, 6) is -1.16. The van der Waals surface area contributed by atoms with Crippen LogP contribution in [-0.4, -0.2) is 35.9 Å². The van der Waals surface area contributed by atoms with Crippen LogP contribution in [0.4, 0.5) is 18.0 Å². The maximum Gasteiger partial charge on any atom is 0.389 e. The van der Waals surface area contributed by atoms with E-state index in [-0.39, 0.29) is 19.4 Å². The van der Waals surface area contributed by atoms with Crippen LogP contribution >= 0.6 is 0 Å². The van der Waals surface area contributed by atoms with Crippen molar-refractivity contribution in [2.45, 2.75) is 52.3 Å². The van der Waals surface area contributed by atoms with Crippen molar-refractivity contribution in [3.8, 4) is 0 Å². The number of hydrogen-bond acceptors (Lipinski definition) is 2. The van der Waals surface area contributed by atoms with Gasteiger partial charge in [-0.05, 0) is 18.3 Å². The van der Waals surface area contributed by atoms with Crippen LogP contribution < -0.4 is 10.6 Å². The van der Waals surface area contributed by atoms with Gasteiger partial charge in [0.15, 0.2) is 0 Å². The van der Waals surface area contributed by atoms with Crippen molar-refractivity contribution in [2.75, 3.05) is 6.54 Å². The largest absolute Gasteiger partial charge is 0.480 e. The van der Waals surface area contributed by atoms with Gasteiger partial charge in [0, 0.05) is 13.0 Å². The summed E-state index contributed by atoms with van der Waals surface area (Å²) >= 11 is 0. The number of carboxylic acid groups (broad SMARTS) is 1. The van der Waals surface area contributed by atoms with Crippen LogP contribution in [0.25, 0.3) is 0 Å². The highest BCUT2D eigenvalue weighted by atomic mass is 19.4. The summed E-state index contributed by atoms with van der Waals surface area (Å²) in [6.07, 6.45) is -4.98. The highest BCUT2D eigenvalue weighted by molar-refractivity contribution is 5.83. The molecule has 0 bridgehead atoms. The molecular formula is C12H21F3N2O3. The molecule has 1 atom stereocenters. The second kappa shape index (κ2) is 7.35. The number of carboxylic acids is 1. The third kappa shape index (κ3) is 8.60. The van der Waals surface area contributed by atoms with Crippen molar-refractivity contribution in [3.05, 3.63) is 0 Å². The first kappa shape index (κ1) is 18.5. The number of halogens is 3. The lowest BCUT2D eigenvalue weighted by Crippen LogP contribution is -2.52. The van der Waals surface area contributed by atoms with Gasteiger partial charge in [-0.1, -0.05) is 20.8 Å². The Morgan fingerprint density at radius 2 is 1.70 bits per heavy atom. The van der Waals surface area contributed by atoms with Gasteiger partial charge in [0.1, 0.15) is 6.04 Å². The molecule has 0 saturated carbocycles. The van der Waals surface area contributed by atoms with E-state index >= 15 is 0 Å². The van der Waals surface area contributed by atoms with Crippen LogP contribution in [-0.2, 0) is 4.79 Å². The Hall–Kier alpha value is -1.47. The maximum atomic E-state index is 11.9. The van der Waals surface area contributed by atoms with Crippen molar-refractivity contribution >= 4 is 12.0 Å². The van der Waals surface area contributed by atoms with Gasteiger partial charge in [0.05, 0.1) is 0 Å². The van der Waals surface area contributed by atoms with E-state index in [4.69, 9.17) is 5.11 Å². The zero-order valence-corrected chi connectivity index (χ0v) is 11.8. The molecule has 5 nitrogen and oxygen atoms in total. The number of rotatable bonds is 6. The molecular weight excluding hydrogens is 277 g/mol. The van der Waals surface area contributed by atoms with Crippen LogP contribution in [0.15, 0.2) is 0 Å². The summed E-state index contributed by atoms with van der Waals surface area (Å²) in [6, 6.07) is -1.77. The molecule has 0 aromatic heterocycles. The molecule has 8 heteroatoms. The Labute approximate surface area is 115 Å². The molecule has 0 aliphatic rings. The zero-order valence-electron chi connectivity index (χ0n) is 11.8. The first-order chi connectivity index (χ1) is 8.93. The molecule has 0 aromatic carbocycles. The first-order valence-electron chi connectivity index (χ1n) is 6.27. The fourth-order valence-corrected chi connectivity index (χ4v) is 1.48. The predicted octanol–water partition coefficient (Wildman–Crippen LogP) is 2.52. The van der Waals surface area contributed by atoms with Crippen molar-refractivity contribution < 1.29 is 27.9 Å². The fraction of sp³-hybridized carbons (Fsp3) is 0.833. The van der Waals surface area contributed by atoms with Gasteiger partial charge in [0.2, 0.25) is 0 Å². The third-order valence-electron chi connectivity index (χ3n) is 2.56. The first-order valence-corrected chi connectivity index (χ1v) is 6.27. The number of nitrogens with one attached hydrogen (secondary N) is 2. The molecule has 3 N–H and O–H groups in total. The van der Waals surface area contributed by atoms with Crippen molar-refractivity contribution in [2.24, 2.45) is 5.41 Å². The van der Waals surface area contributed by atoms with Crippen molar-refractivity contribution in [3.63, 3.8) is 0 Å². The third-order valence-corrected chi connectivity index (χ3v) is 2.56. The monoisotopic (exact) mass is 298 g/mol. The Morgan fingerprint density at radius 3 is 2.10 bits per heavy atom. The van der Waals surface area contributed by atoms with E-state index in [0.29, 0.717) is 0 Å². The minimum atomic E-state index is -4.19. The molecule has 0 aliphatic heterocycles. The van der Waals surface area contributed by atoms with Gasteiger partial charge in [-0.2, -0.15) is 13.2 Å². The van der Waals surface area contributed by atoms with Gasteiger partial charge in [0.25, 0.3) is 0 Å². The average Bonchev–Trinajstić information content (AvgIpc) is 2.21. The lowest BCUT2D eigenvalue weighted by Gasteiger charge is -2.27. The van der Waals surface area contributed by atoms with E-state index in [9.17, 15) is 22.8 Å². The standard InChI is InChI=1S/C12H21F3N2O3/c1-11(2,3)8(9(18)19)17-10(20)16-7-5-4-6-12(13,14)15/h8H,4-7H2,1-3H3,(H,18,19)(H2,16,17,20)/t8-/m1/s1. The number of amides is 2. The van der Waals surface area contributed by atoms with Gasteiger partial charge in [-0.25, -0.2) is 9.59 Å². The summed E-state index contributed by atoms with van der Waals surface area (Å²) < 4.78 is 35.6. The quantitative estimate of drug-likeness (QED) is 0.659. The summed E-state index contributed by atoms with van der Waals surface area (Å²) in [5.41, 5.74) is -0.667. The molecule has 0 radical (unpaired) electrons. The molecule has 0 heterocycles. The van der Waals surface area contributed by atoms with E-state index in [1.54, 1.807) is 20.8 Å². The molecule has 0 unspecified atom stereocenters. The minimum absolute atomic E-state index is 0.0679. The van der Waals surface area contributed by atoms with Crippen molar-refractivity contribution in [1.82, 2.24) is 10.6 Å². The van der Waals surface area contributed by atoms with E-state index in [1.807, 2.05) is 0 Å². The summed E-state index contributed by atoms with van der Waals surface area (Å²) in [6.45, 7) is 5.05. The predicted molar refractivity (Wildman–Crippen MR) is 67.3 cm³/mol. The van der Waals surface area contributed by atoms with Gasteiger partial charge in [-0.3, -0.25) is 0 Å². The molecule has 2 amide bonds. The molecule has 0 aliphatic carbocycles. The zero-order chi connectivity index (χ0) is 16.0. The number of alkyl halides is 3. The number of unbranched alkanes of at least 4 members (excludes halogenated alkanes) is 1. The molecule has 118 valence electrons. The van der Waals surface area contributed by atoms with Crippen molar-refractivity contribution in [1.29, 1.82) is 0 Å². The van der Waals surface area contributed by atoms with E-state index in [1.165, 1.54) is 0 Å². The van der Waals surface area contributed by atoms with E-state index < -0.39 is 36.1 Å². The number of carbonyl (C=O) groups excluding carboxylic acids is 1. The fourth-order valence-electron chi connectivity index (χ4n) is 1.48. The summed E-state index contributed by atoms with van der Waals surface area (Å²) in [4.78, 5) is 22.5. The molecule has 20 heavy (non-hydrogen) atoms. The molecule has 0 fully saturated rings. The summed E-state index contributed by atoms with van der Waals surface area (Å²) in [5, 5.41) is 13.6. The number of urea groups is 1. The topological polar surface area (TPSA) is 78.4 Å². The van der Waals surface area contributed by atoms with Gasteiger partial charge < -0.3 is 15.7 Å². The molecule has 0 rings (SSSR count). The maximum absolute atomic E-state index is 11.9. The highest BCUT2D eigenvalue weighted by Crippen LogP contribution is 2.22.